The Kier molecular flexibility index (Phi) is 3.41. The second kappa shape index (κ2) is 5.36. The molecule has 0 fully saturated rings. The van der Waals surface area contributed by atoms with Crippen LogP contribution in [-0.4, -0.2) is 4.98 Å². The number of nitrogens with two attached hydrogens (primary N) is 1. The van der Waals surface area contributed by atoms with Crippen molar-refractivity contribution in [3.8, 4) is 0 Å². The number of halogens is 1. The number of benzene rings is 2. The molecule has 0 saturated heterocycles. The van der Waals surface area contributed by atoms with Crippen LogP contribution in [0.1, 0.15) is 17.2 Å². The van der Waals surface area contributed by atoms with E-state index in [1.165, 1.54) is 12.1 Å². The van der Waals surface area contributed by atoms with E-state index in [4.69, 9.17) is 5.84 Å². The van der Waals surface area contributed by atoms with Gasteiger partial charge in [-0.15, -0.1) is 0 Å². The lowest BCUT2D eigenvalue weighted by Gasteiger charge is -2.18. The largest absolute Gasteiger partial charge is 0.271 e. The second-order valence-corrected chi connectivity index (χ2v) is 4.57. The van der Waals surface area contributed by atoms with Crippen LogP contribution in [0, 0.1) is 5.82 Å². The minimum atomic E-state index is -0.260. The molecule has 1 heterocycles. The molecule has 0 spiro atoms. The van der Waals surface area contributed by atoms with Gasteiger partial charge in [0.15, 0.2) is 0 Å². The molecule has 3 nitrogen and oxygen atoms in total. The predicted molar refractivity (Wildman–Crippen MR) is 77.3 cm³/mol. The van der Waals surface area contributed by atoms with Crippen LogP contribution < -0.4 is 11.3 Å². The van der Waals surface area contributed by atoms with Gasteiger partial charge in [0.1, 0.15) is 5.82 Å². The first-order valence-electron chi connectivity index (χ1n) is 6.35. The Morgan fingerprint density at radius 2 is 1.75 bits per heavy atom. The molecule has 0 amide bonds. The van der Waals surface area contributed by atoms with Crippen LogP contribution in [0.15, 0.2) is 60.8 Å². The number of nitrogens with one attached hydrogen (secondary N) is 1. The maximum atomic E-state index is 13.0. The summed E-state index contributed by atoms with van der Waals surface area (Å²) < 4.78 is 13.0. The number of nitrogens with zero attached hydrogens (tertiary/aromatic N) is 1. The quantitative estimate of drug-likeness (QED) is 0.566. The van der Waals surface area contributed by atoms with Crippen molar-refractivity contribution in [1.82, 2.24) is 10.4 Å². The zero-order valence-corrected chi connectivity index (χ0v) is 10.8. The molecule has 4 heteroatoms. The number of rotatable bonds is 3. The molecular weight excluding hydrogens is 253 g/mol. The van der Waals surface area contributed by atoms with E-state index in [-0.39, 0.29) is 11.9 Å². The fourth-order valence-electron chi connectivity index (χ4n) is 2.39. The van der Waals surface area contributed by atoms with Crippen LogP contribution in [0.5, 0.6) is 0 Å². The summed E-state index contributed by atoms with van der Waals surface area (Å²) in [7, 11) is 0. The van der Waals surface area contributed by atoms with Crippen LogP contribution in [0.4, 0.5) is 4.39 Å². The molecule has 0 bridgehead atoms. The predicted octanol–water partition coefficient (Wildman–Crippen LogP) is 2.93. The smallest absolute Gasteiger partial charge is 0.123 e. The molecule has 1 unspecified atom stereocenters. The van der Waals surface area contributed by atoms with E-state index in [0.717, 1.165) is 22.0 Å². The first-order valence-corrected chi connectivity index (χ1v) is 6.35. The lowest BCUT2D eigenvalue weighted by atomic mass is 9.96. The zero-order chi connectivity index (χ0) is 13.9. The van der Waals surface area contributed by atoms with Gasteiger partial charge < -0.3 is 0 Å². The fraction of sp³-hybridized carbons (Fsp3) is 0.0625. The molecule has 2 aromatic carbocycles. The minimum Gasteiger partial charge on any atom is -0.271 e. The van der Waals surface area contributed by atoms with Gasteiger partial charge in [-0.3, -0.25) is 10.8 Å². The van der Waals surface area contributed by atoms with Crippen LogP contribution in [0.2, 0.25) is 0 Å². The van der Waals surface area contributed by atoms with E-state index in [0.29, 0.717) is 0 Å². The van der Waals surface area contributed by atoms with Gasteiger partial charge in [-0.1, -0.05) is 30.3 Å². The average molecular weight is 267 g/mol. The normalized spacial score (nSPS) is 12.5. The Balaban J connectivity index is 2.14. The third kappa shape index (κ3) is 2.27. The third-order valence-electron chi connectivity index (χ3n) is 3.36. The van der Waals surface area contributed by atoms with Gasteiger partial charge >= 0.3 is 0 Å². The van der Waals surface area contributed by atoms with E-state index in [1.807, 2.05) is 30.3 Å². The summed E-state index contributed by atoms with van der Waals surface area (Å²) in [6.45, 7) is 0. The van der Waals surface area contributed by atoms with Crippen molar-refractivity contribution in [2.24, 2.45) is 5.84 Å². The number of fused-ring (bicyclic) bond motifs is 1. The van der Waals surface area contributed by atoms with E-state index in [9.17, 15) is 4.39 Å². The molecule has 3 N–H and O–H groups in total. The van der Waals surface area contributed by atoms with Crippen molar-refractivity contribution >= 4 is 10.9 Å². The highest BCUT2D eigenvalue weighted by Gasteiger charge is 2.15. The third-order valence-corrected chi connectivity index (χ3v) is 3.36. The van der Waals surface area contributed by atoms with Crippen LogP contribution >= 0.6 is 0 Å². The van der Waals surface area contributed by atoms with Gasteiger partial charge in [-0.2, -0.15) is 0 Å². The standard InChI is InChI=1S/C16H14FN3/c17-12-7-5-11(6-8-12)16(20-18)14-9-10-19-15-4-2-1-3-13(14)15/h1-10,16,20H,18H2. The lowest BCUT2D eigenvalue weighted by Crippen LogP contribution is -2.29. The van der Waals surface area contributed by atoms with Gasteiger partial charge in [0.25, 0.3) is 0 Å². The van der Waals surface area contributed by atoms with E-state index in [1.54, 1.807) is 18.3 Å². The van der Waals surface area contributed by atoms with E-state index < -0.39 is 0 Å². The number of hydrogen-bond donors (Lipinski definition) is 2. The number of hydrogen-bond acceptors (Lipinski definition) is 3. The first-order chi connectivity index (χ1) is 9.79. The van der Waals surface area contributed by atoms with Gasteiger partial charge in [-0.25, -0.2) is 9.82 Å². The fourth-order valence-corrected chi connectivity index (χ4v) is 2.39. The Hall–Kier alpha value is -2.30. The van der Waals surface area contributed by atoms with Crippen molar-refractivity contribution in [3.63, 3.8) is 0 Å². The molecule has 0 saturated carbocycles. The zero-order valence-electron chi connectivity index (χ0n) is 10.8. The maximum absolute atomic E-state index is 13.0. The summed E-state index contributed by atoms with van der Waals surface area (Å²) in [6, 6.07) is 15.9. The Morgan fingerprint density at radius 1 is 1.00 bits per heavy atom. The van der Waals surface area contributed by atoms with Crippen LogP contribution in [-0.2, 0) is 0 Å². The summed E-state index contributed by atoms with van der Waals surface area (Å²) in [5.74, 6) is 5.44. The van der Waals surface area contributed by atoms with Gasteiger partial charge in [0.2, 0.25) is 0 Å². The minimum absolute atomic E-state index is 0.205. The Morgan fingerprint density at radius 3 is 2.50 bits per heavy atom. The molecule has 0 aliphatic rings. The van der Waals surface area contributed by atoms with Gasteiger partial charge in [0, 0.05) is 11.6 Å². The highest BCUT2D eigenvalue weighted by molar-refractivity contribution is 5.82. The molecule has 3 aromatic rings. The molecule has 1 atom stereocenters. The summed E-state index contributed by atoms with van der Waals surface area (Å²) in [5, 5.41) is 1.03. The lowest BCUT2D eigenvalue weighted by molar-refractivity contribution is 0.617. The van der Waals surface area contributed by atoms with E-state index >= 15 is 0 Å². The molecule has 1 aromatic heterocycles. The molecular formula is C16H14FN3. The highest BCUT2D eigenvalue weighted by Crippen LogP contribution is 2.27. The van der Waals surface area contributed by atoms with Crippen molar-refractivity contribution in [2.45, 2.75) is 6.04 Å². The number of para-hydroxylation sites is 1. The Labute approximate surface area is 116 Å². The average Bonchev–Trinajstić information content (AvgIpc) is 2.50. The van der Waals surface area contributed by atoms with Gasteiger partial charge in [-0.05, 0) is 35.4 Å². The SMILES string of the molecule is NNC(c1ccc(F)cc1)c1ccnc2ccccc12. The number of aromatic nitrogens is 1. The van der Waals surface area contributed by atoms with Crippen molar-refractivity contribution in [2.75, 3.05) is 0 Å². The molecule has 0 aliphatic heterocycles. The topological polar surface area (TPSA) is 50.9 Å². The molecule has 0 radical (unpaired) electrons. The molecule has 0 aliphatic carbocycles. The summed E-state index contributed by atoms with van der Waals surface area (Å²) >= 11 is 0. The Bertz CT molecular complexity index is 720. The summed E-state index contributed by atoms with van der Waals surface area (Å²) in [5.41, 5.74) is 5.63. The maximum Gasteiger partial charge on any atom is 0.123 e. The molecule has 100 valence electrons. The van der Waals surface area contributed by atoms with Crippen molar-refractivity contribution in [1.29, 1.82) is 0 Å². The number of pyridine rings is 1. The molecule has 3 rings (SSSR count). The second-order valence-electron chi connectivity index (χ2n) is 4.57. The monoisotopic (exact) mass is 267 g/mol. The van der Waals surface area contributed by atoms with Crippen molar-refractivity contribution in [3.05, 3.63) is 77.7 Å². The van der Waals surface area contributed by atoms with Crippen LogP contribution in [0.25, 0.3) is 10.9 Å². The van der Waals surface area contributed by atoms with Crippen LogP contribution in [0.3, 0.4) is 0 Å². The first kappa shape index (κ1) is 12.7. The van der Waals surface area contributed by atoms with E-state index in [2.05, 4.69) is 10.4 Å². The van der Waals surface area contributed by atoms with Crippen molar-refractivity contribution < 1.29 is 4.39 Å². The summed E-state index contributed by atoms with van der Waals surface area (Å²) in [6.07, 6.45) is 1.76. The molecule has 20 heavy (non-hydrogen) atoms. The van der Waals surface area contributed by atoms with Gasteiger partial charge in [0.05, 0.1) is 11.6 Å². The number of hydrazine groups is 1. The highest BCUT2D eigenvalue weighted by atomic mass is 19.1. The summed E-state index contributed by atoms with van der Waals surface area (Å²) in [4.78, 5) is 4.34.